The summed E-state index contributed by atoms with van der Waals surface area (Å²) < 4.78 is 0. The molecule has 0 aromatic carbocycles. The SMILES string of the molecule is O[C@H]1CCCC[C@@H]1NC1CCN2CCCC12. The van der Waals surface area contributed by atoms with Crippen LogP contribution in [0.5, 0.6) is 0 Å². The molecular formula is C13H24N2O. The molecule has 0 bridgehead atoms. The summed E-state index contributed by atoms with van der Waals surface area (Å²) in [5.74, 6) is 0. The molecular weight excluding hydrogens is 200 g/mol. The molecule has 3 rings (SSSR count). The lowest BCUT2D eigenvalue weighted by atomic mass is 9.91. The van der Waals surface area contributed by atoms with E-state index >= 15 is 0 Å². The monoisotopic (exact) mass is 224 g/mol. The van der Waals surface area contributed by atoms with Crippen molar-refractivity contribution in [1.29, 1.82) is 0 Å². The van der Waals surface area contributed by atoms with Gasteiger partial charge < -0.3 is 10.4 Å². The fraction of sp³-hybridized carbons (Fsp3) is 1.00. The van der Waals surface area contributed by atoms with E-state index in [0.717, 1.165) is 12.5 Å². The van der Waals surface area contributed by atoms with Crippen LogP contribution in [0.25, 0.3) is 0 Å². The Labute approximate surface area is 98.2 Å². The minimum absolute atomic E-state index is 0.0933. The molecule has 2 heterocycles. The summed E-state index contributed by atoms with van der Waals surface area (Å²) in [4.78, 5) is 2.63. The van der Waals surface area contributed by atoms with Crippen LogP contribution in [-0.2, 0) is 0 Å². The van der Waals surface area contributed by atoms with Gasteiger partial charge in [0.2, 0.25) is 0 Å². The summed E-state index contributed by atoms with van der Waals surface area (Å²) in [6.07, 6.45) is 8.59. The number of aliphatic hydroxyl groups excluding tert-OH is 1. The van der Waals surface area contributed by atoms with Crippen molar-refractivity contribution in [2.24, 2.45) is 0 Å². The van der Waals surface area contributed by atoms with E-state index in [9.17, 15) is 5.11 Å². The van der Waals surface area contributed by atoms with Crippen molar-refractivity contribution < 1.29 is 5.11 Å². The fourth-order valence-corrected chi connectivity index (χ4v) is 3.86. The molecule has 2 N–H and O–H groups in total. The molecule has 4 atom stereocenters. The Kier molecular flexibility index (Phi) is 3.18. The van der Waals surface area contributed by atoms with Gasteiger partial charge in [-0.15, -0.1) is 0 Å². The summed E-state index contributed by atoms with van der Waals surface area (Å²) in [6.45, 7) is 2.57. The Morgan fingerprint density at radius 3 is 2.62 bits per heavy atom. The second-order valence-electron chi connectivity index (χ2n) is 5.77. The molecule has 2 aliphatic heterocycles. The highest BCUT2D eigenvalue weighted by molar-refractivity contribution is 4.98. The number of aliphatic hydroxyl groups is 1. The maximum atomic E-state index is 9.99. The Morgan fingerprint density at radius 2 is 1.75 bits per heavy atom. The Hall–Kier alpha value is -0.120. The third kappa shape index (κ3) is 2.01. The molecule has 0 amide bonds. The number of nitrogens with zero attached hydrogens (tertiary/aromatic N) is 1. The van der Waals surface area contributed by atoms with Gasteiger partial charge in [0.05, 0.1) is 6.10 Å². The lowest BCUT2D eigenvalue weighted by Gasteiger charge is -2.33. The topological polar surface area (TPSA) is 35.5 Å². The van der Waals surface area contributed by atoms with E-state index in [1.807, 2.05) is 0 Å². The zero-order valence-electron chi connectivity index (χ0n) is 10.1. The van der Waals surface area contributed by atoms with Crippen LogP contribution < -0.4 is 5.32 Å². The van der Waals surface area contributed by atoms with Gasteiger partial charge in [-0.2, -0.15) is 0 Å². The minimum atomic E-state index is -0.0933. The van der Waals surface area contributed by atoms with Crippen LogP contribution in [0.15, 0.2) is 0 Å². The molecule has 2 saturated heterocycles. The third-order valence-electron chi connectivity index (χ3n) is 4.76. The van der Waals surface area contributed by atoms with Gasteiger partial charge in [0, 0.05) is 24.7 Å². The summed E-state index contributed by atoms with van der Waals surface area (Å²) in [5.41, 5.74) is 0. The number of hydrogen-bond acceptors (Lipinski definition) is 3. The summed E-state index contributed by atoms with van der Waals surface area (Å²) in [7, 11) is 0. The maximum absolute atomic E-state index is 9.99. The smallest absolute Gasteiger partial charge is 0.0693 e. The Bertz CT molecular complexity index is 246. The molecule has 0 spiro atoms. The Morgan fingerprint density at radius 1 is 0.875 bits per heavy atom. The first-order valence-electron chi connectivity index (χ1n) is 7.03. The highest BCUT2D eigenvalue weighted by atomic mass is 16.3. The standard InChI is InChI=1S/C13H24N2O/c16-13-6-2-1-4-11(13)14-10-7-9-15-8-3-5-12(10)15/h10-14,16H,1-9H2/t10?,11-,12?,13-/m0/s1. The van der Waals surface area contributed by atoms with Crippen LogP contribution in [0.1, 0.15) is 44.9 Å². The van der Waals surface area contributed by atoms with Crippen LogP contribution in [0.3, 0.4) is 0 Å². The van der Waals surface area contributed by atoms with E-state index in [4.69, 9.17) is 0 Å². The van der Waals surface area contributed by atoms with Crippen LogP contribution >= 0.6 is 0 Å². The average molecular weight is 224 g/mol. The lowest BCUT2D eigenvalue weighted by molar-refractivity contribution is 0.0823. The predicted octanol–water partition coefficient (Wildman–Crippen LogP) is 1.12. The first kappa shape index (κ1) is 11.0. The van der Waals surface area contributed by atoms with Gasteiger partial charge in [-0.3, -0.25) is 4.90 Å². The summed E-state index contributed by atoms with van der Waals surface area (Å²) >= 11 is 0. The van der Waals surface area contributed by atoms with Crippen molar-refractivity contribution in [2.75, 3.05) is 13.1 Å². The largest absolute Gasteiger partial charge is 0.392 e. The van der Waals surface area contributed by atoms with Crippen molar-refractivity contribution in [1.82, 2.24) is 10.2 Å². The molecule has 16 heavy (non-hydrogen) atoms. The van der Waals surface area contributed by atoms with Gasteiger partial charge in [-0.25, -0.2) is 0 Å². The highest BCUT2D eigenvalue weighted by Gasteiger charge is 2.38. The van der Waals surface area contributed by atoms with Gasteiger partial charge >= 0.3 is 0 Å². The molecule has 0 aromatic rings. The first-order valence-corrected chi connectivity index (χ1v) is 7.03. The van der Waals surface area contributed by atoms with Crippen molar-refractivity contribution >= 4 is 0 Å². The van der Waals surface area contributed by atoms with E-state index in [2.05, 4.69) is 10.2 Å². The number of nitrogens with one attached hydrogen (secondary N) is 1. The average Bonchev–Trinajstić information content (AvgIpc) is 2.86. The quantitative estimate of drug-likeness (QED) is 0.738. The molecule has 2 unspecified atom stereocenters. The van der Waals surface area contributed by atoms with Crippen molar-refractivity contribution in [3.8, 4) is 0 Å². The summed E-state index contributed by atoms with van der Waals surface area (Å²) in [6, 6.07) is 1.80. The van der Waals surface area contributed by atoms with E-state index in [1.54, 1.807) is 0 Å². The molecule has 0 aromatic heterocycles. The second-order valence-corrected chi connectivity index (χ2v) is 5.77. The second kappa shape index (κ2) is 4.63. The fourth-order valence-electron chi connectivity index (χ4n) is 3.86. The third-order valence-corrected chi connectivity index (χ3v) is 4.76. The van der Waals surface area contributed by atoms with Crippen LogP contribution in [-0.4, -0.2) is 47.3 Å². The molecule has 92 valence electrons. The number of fused-ring (bicyclic) bond motifs is 1. The predicted molar refractivity (Wildman–Crippen MR) is 64.4 cm³/mol. The minimum Gasteiger partial charge on any atom is -0.392 e. The molecule has 3 aliphatic rings. The Balaban J connectivity index is 1.57. The van der Waals surface area contributed by atoms with E-state index in [1.165, 1.54) is 51.6 Å². The molecule has 0 radical (unpaired) electrons. The molecule has 3 heteroatoms. The summed E-state index contributed by atoms with van der Waals surface area (Å²) in [5, 5.41) is 13.7. The van der Waals surface area contributed by atoms with Gasteiger partial charge in [0.15, 0.2) is 0 Å². The van der Waals surface area contributed by atoms with Gasteiger partial charge in [-0.05, 0) is 38.6 Å². The van der Waals surface area contributed by atoms with E-state index in [0.29, 0.717) is 12.1 Å². The van der Waals surface area contributed by atoms with Crippen molar-refractivity contribution in [2.45, 2.75) is 69.2 Å². The highest BCUT2D eigenvalue weighted by Crippen LogP contribution is 2.29. The van der Waals surface area contributed by atoms with Crippen LogP contribution in [0, 0.1) is 0 Å². The molecule has 1 aliphatic carbocycles. The normalized spacial score (nSPS) is 44.8. The molecule has 1 saturated carbocycles. The zero-order chi connectivity index (χ0) is 11.0. The van der Waals surface area contributed by atoms with Crippen LogP contribution in [0.4, 0.5) is 0 Å². The van der Waals surface area contributed by atoms with Gasteiger partial charge in [0.25, 0.3) is 0 Å². The zero-order valence-corrected chi connectivity index (χ0v) is 10.1. The van der Waals surface area contributed by atoms with E-state index in [-0.39, 0.29) is 6.10 Å². The van der Waals surface area contributed by atoms with Crippen LogP contribution in [0.2, 0.25) is 0 Å². The van der Waals surface area contributed by atoms with E-state index < -0.39 is 0 Å². The van der Waals surface area contributed by atoms with Crippen molar-refractivity contribution in [3.05, 3.63) is 0 Å². The lowest BCUT2D eigenvalue weighted by Crippen LogP contribution is -2.50. The molecule has 3 nitrogen and oxygen atoms in total. The maximum Gasteiger partial charge on any atom is 0.0693 e. The van der Waals surface area contributed by atoms with Gasteiger partial charge in [-0.1, -0.05) is 12.8 Å². The number of rotatable bonds is 2. The van der Waals surface area contributed by atoms with Crippen molar-refractivity contribution in [3.63, 3.8) is 0 Å². The number of hydrogen-bond donors (Lipinski definition) is 2. The van der Waals surface area contributed by atoms with Gasteiger partial charge in [0.1, 0.15) is 0 Å². The first-order chi connectivity index (χ1) is 7.84. The molecule has 3 fully saturated rings.